The molecule has 1 N–H and O–H groups in total. The van der Waals surface area contributed by atoms with Crippen LogP contribution in [0.3, 0.4) is 0 Å². The number of ether oxygens (including phenoxy) is 2. The Hall–Kier alpha value is -3.39. The van der Waals surface area contributed by atoms with Gasteiger partial charge in [-0.2, -0.15) is 0 Å². The molecule has 0 bridgehead atoms. The van der Waals surface area contributed by atoms with Crippen molar-refractivity contribution in [3.8, 4) is 11.4 Å². The fourth-order valence-corrected chi connectivity index (χ4v) is 4.89. The number of pyridine rings is 1. The summed E-state index contributed by atoms with van der Waals surface area (Å²) in [5.41, 5.74) is 3.99. The fourth-order valence-electron chi connectivity index (χ4n) is 4.31. The second-order valence-electron chi connectivity index (χ2n) is 8.14. The van der Waals surface area contributed by atoms with E-state index < -0.39 is 0 Å². The highest BCUT2D eigenvalue weighted by molar-refractivity contribution is 7.80. The predicted molar refractivity (Wildman–Crippen MR) is 143 cm³/mol. The molecule has 1 fully saturated rings. The first kappa shape index (κ1) is 23.4. The maximum absolute atomic E-state index is 6.59. The smallest absolute Gasteiger partial charge is 0.174 e. The molecule has 2 aromatic carbocycles. The van der Waals surface area contributed by atoms with E-state index in [1.54, 1.807) is 13.3 Å². The number of anilines is 1. The van der Waals surface area contributed by atoms with Gasteiger partial charge in [0.05, 0.1) is 29.4 Å². The summed E-state index contributed by atoms with van der Waals surface area (Å²) >= 11 is 12.4. The van der Waals surface area contributed by atoms with Crippen LogP contribution in [0, 0.1) is 0 Å². The Morgan fingerprint density at radius 3 is 2.57 bits per heavy atom. The molecule has 0 spiro atoms. The van der Waals surface area contributed by atoms with E-state index >= 15 is 0 Å². The average Bonchev–Trinajstić information content (AvgIpc) is 3.51. The van der Waals surface area contributed by atoms with E-state index in [1.165, 1.54) is 0 Å². The molecular weight excluding hydrogens is 480 g/mol. The summed E-state index contributed by atoms with van der Waals surface area (Å²) in [5.74, 6) is 0.610. The topological polar surface area (TPSA) is 51.6 Å². The molecule has 0 saturated carbocycles. The van der Waals surface area contributed by atoms with Gasteiger partial charge >= 0.3 is 0 Å². The molecule has 0 radical (unpaired) electrons. The molecule has 178 valence electrons. The summed E-state index contributed by atoms with van der Waals surface area (Å²) in [4.78, 5) is 6.73. The molecule has 0 aliphatic carbocycles. The van der Waals surface area contributed by atoms with Gasteiger partial charge in [0.2, 0.25) is 0 Å². The summed E-state index contributed by atoms with van der Waals surface area (Å²) in [6.45, 7) is 0.918. The summed E-state index contributed by atoms with van der Waals surface area (Å²) in [6, 6.07) is 23.8. The molecule has 2 atom stereocenters. The van der Waals surface area contributed by atoms with Crippen molar-refractivity contribution in [1.29, 1.82) is 0 Å². The number of para-hydroxylation sites is 1. The molecule has 2 aromatic heterocycles. The van der Waals surface area contributed by atoms with Gasteiger partial charge in [0.15, 0.2) is 5.11 Å². The van der Waals surface area contributed by atoms with Gasteiger partial charge in [-0.15, -0.1) is 0 Å². The lowest BCUT2D eigenvalue weighted by Crippen LogP contribution is -2.29. The average molecular weight is 505 g/mol. The number of methoxy groups -OCH3 is 1. The van der Waals surface area contributed by atoms with Crippen molar-refractivity contribution < 1.29 is 9.47 Å². The molecular formula is C27H25ClN4O2S. The SMILES string of the molecule is COCCOc1ccc(N2C(=S)N[C@@H](c3ccccn3)[C@@H]2c2ccn(-c3ccccc3)c2)cc1Cl. The van der Waals surface area contributed by atoms with Gasteiger partial charge in [-0.3, -0.25) is 4.98 Å². The number of rotatable bonds is 8. The van der Waals surface area contributed by atoms with Crippen molar-refractivity contribution in [2.24, 2.45) is 0 Å². The first-order valence-corrected chi connectivity index (χ1v) is 12.1. The van der Waals surface area contributed by atoms with Crippen LogP contribution in [-0.2, 0) is 4.74 Å². The van der Waals surface area contributed by atoms with Gasteiger partial charge in [0.1, 0.15) is 12.4 Å². The Morgan fingerprint density at radius 2 is 1.83 bits per heavy atom. The van der Waals surface area contributed by atoms with Crippen LogP contribution in [0.2, 0.25) is 5.02 Å². The van der Waals surface area contributed by atoms with Crippen LogP contribution >= 0.6 is 23.8 Å². The lowest BCUT2D eigenvalue weighted by atomic mass is 9.98. The van der Waals surface area contributed by atoms with Crippen LogP contribution < -0.4 is 15.0 Å². The number of nitrogens with zero attached hydrogens (tertiary/aromatic N) is 3. The van der Waals surface area contributed by atoms with Gasteiger partial charge in [-0.25, -0.2) is 0 Å². The second-order valence-corrected chi connectivity index (χ2v) is 8.93. The summed E-state index contributed by atoms with van der Waals surface area (Å²) in [6.07, 6.45) is 6.01. The van der Waals surface area contributed by atoms with Crippen LogP contribution in [0.15, 0.2) is 91.4 Å². The van der Waals surface area contributed by atoms with Crippen LogP contribution in [-0.4, -0.2) is 35.0 Å². The van der Waals surface area contributed by atoms with Crippen molar-refractivity contribution in [3.05, 3.63) is 108 Å². The number of hydrogen-bond donors (Lipinski definition) is 1. The zero-order valence-corrected chi connectivity index (χ0v) is 20.7. The first-order valence-electron chi connectivity index (χ1n) is 11.3. The highest BCUT2D eigenvalue weighted by Crippen LogP contribution is 2.43. The van der Waals surface area contributed by atoms with E-state index in [0.29, 0.717) is 29.1 Å². The molecule has 5 rings (SSSR count). The maximum atomic E-state index is 6.59. The van der Waals surface area contributed by atoms with Crippen LogP contribution in [0.1, 0.15) is 23.3 Å². The second kappa shape index (κ2) is 10.5. The zero-order chi connectivity index (χ0) is 24.2. The Labute approximate surface area is 215 Å². The number of aromatic nitrogens is 2. The Morgan fingerprint density at radius 1 is 1.00 bits per heavy atom. The van der Waals surface area contributed by atoms with E-state index in [4.69, 9.17) is 33.3 Å². The summed E-state index contributed by atoms with van der Waals surface area (Å²) in [7, 11) is 1.64. The minimum absolute atomic E-state index is 0.126. The van der Waals surface area contributed by atoms with E-state index in [1.807, 2.05) is 54.6 Å². The molecule has 0 amide bonds. The standard InChI is InChI=1S/C27H25ClN4O2S/c1-33-15-16-34-24-11-10-21(17-22(24)28)32-26(25(30-27(32)35)23-9-5-6-13-29-23)19-12-14-31(18-19)20-7-3-2-4-8-20/h2-14,17-18,25-26H,15-16H2,1H3,(H,30,35)/t25-,26-/m0/s1. The molecule has 1 saturated heterocycles. The number of benzene rings is 2. The maximum Gasteiger partial charge on any atom is 0.174 e. The molecule has 4 aromatic rings. The molecule has 35 heavy (non-hydrogen) atoms. The van der Waals surface area contributed by atoms with Crippen molar-refractivity contribution in [2.45, 2.75) is 12.1 Å². The number of nitrogens with one attached hydrogen (secondary N) is 1. The molecule has 1 aliphatic heterocycles. The minimum atomic E-state index is -0.133. The number of halogens is 1. The van der Waals surface area contributed by atoms with Gasteiger partial charge < -0.3 is 24.3 Å². The Kier molecular flexibility index (Phi) is 6.99. The van der Waals surface area contributed by atoms with Crippen LogP contribution in [0.25, 0.3) is 5.69 Å². The monoisotopic (exact) mass is 504 g/mol. The summed E-state index contributed by atoms with van der Waals surface area (Å²) < 4.78 is 12.9. The number of thiocarbonyl (C=S) groups is 1. The third-order valence-electron chi connectivity index (χ3n) is 5.95. The quantitative estimate of drug-likeness (QED) is 0.244. The highest BCUT2D eigenvalue weighted by atomic mass is 35.5. The Balaban J connectivity index is 1.53. The molecule has 3 heterocycles. The lowest BCUT2D eigenvalue weighted by molar-refractivity contribution is 0.146. The van der Waals surface area contributed by atoms with E-state index in [0.717, 1.165) is 22.6 Å². The minimum Gasteiger partial charge on any atom is -0.490 e. The van der Waals surface area contributed by atoms with Crippen molar-refractivity contribution in [1.82, 2.24) is 14.9 Å². The Bertz CT molecular complexity index is 1300. The van der Waals surface area contributed by atoms with Crippen molar-refractivity contribution in [3.63, 3.8) is 0 Å². The lowest BCUT2D eigenvalue weighted by Gasteiger charge is -2.27. The third-order valence-corrected chi connectivity index (χ3v) is 6.56. The fraction of sp³-hybridized carbons (Fsp3) is 0.185. The van der Waals surface area contributed by atoms with E-state index in [9.17, 15) is 0 Å². The van der Waals surface area contributed by atoms with Crippen LogP contribution in [0.4, 0.5) is 5.69 Å². The zero-order valence-electron chi connectivity index (χ0n) is 19.2. The molecule has 8 heteroatoms. The number of hydrogen-bond acceptors (Lipinski definition) is 4. The van der Waals surface area contributed by atoms with Gasteiger partial charge in [-0.1, -0.05) is 35.9 Å². The van der Waals surface area contributed by atoms with E-state index in [-0.39, 0.29) is 12.1 Å². The van der Waals surface area contributed by atoms with Gasteiger partial charge in [0.25, 0.3) is 0 Å². The van der Waals surface area contributed by atoms with Crippen LogP contribution in [0.5, 0.6) is 5.75 Å². The first-order chi connectivity index (χ1) is 17.2. The largest absolute Gasteiger partial charge is 0.490 e. The normalized spacial score (nSPS) is 17.4. The predicted octanol–water partition coefficient (Wildman–Crippen LogP) is 5.73. The third kappa shape index (κ3) is 4.89. The highest BCUT2D eigenvalue weighted by Gasteiger charge is 2.41. The summed E-state index contributed by atoms with van der Waals surface area (Å²) in [5, 5.41) is 4.62. The van der Waals surface area contributed by atoms with Gasteiger partial charge in [0, 0.05) is 37.1 Å². The van der Waals surface area contributed by atoms with Crippen molar-refractivity contribution >= 4 is 34.6 Å². The molecule has 1 aliphatic rings. The molecule has 6 nitrogen and oxygen atoms in total. The van der Waals surface area contributed by atoms with Gasteiger partial charge in [-0.05, 0) is 66.3 Å². The van der Waals surface area contributed by atoms with Crippen molar-refractivity contribution in [2.75, 3.05) is 25.2 Å². The van der Waals surface area contributed by atoms with E-state index in [2.05, 4.69) is 50.4 Å². The molecule has 0 unspecified atom stereocenters.